The SMILES string of the molecule is CCON=C(CC)C1(Cl)CC1. The molecule has 0 heterocycles. The fraction of sp³-hybridized carbons (Fsp3) is 0.875. The van der Waals surface area contributed by atoms with Crippen LogP contribution in [0.5, 0.6) is 0 Å². The van der Waals surface area contributed by atoms with Crippen molar-refractivity contribution in [2.75, 3.05) is 6.61 Å². The second-order valence-electron chi connectivity index (χ2n) is 2.77. The van der Waals surface area contributed by atoms with E-state index in [0.29, 0.717) is 6.61 Å². The molecule has 11 heavy (non-hydrogen) atoms. The van der Waals surface area contributed by atoms with Gasteiger partial charge in [-0.2, -0.15) is 0 Å². The van der Waals surface area contributed by atoms with E-state index in [4.69, 9.17) is 16.4 Å². The van der Waals surface area contributed by atoms with Gasteiger partial charge in [-0.15, -0.1) is 11.6 Å². The van der Waals surface area contributed by atoms with Crippen LogP contribution in [-0.4, -0.2) is 17.2 Å². The Kier molecular flexibility index (Phi) is 2.77. The van der Waals surface area contributed by atoms with E-state index < -0.39 is 0 Å². The first kappa shape index (κ1) is 8.85. The Labute approximate surface area is 72.6 Å². The van der Waals surface area contributed by atoms with Crippen molar-refractivity contribution in [3.05, 3.63) is 0 Å². The van der Waals surface area contributed by atoms with Gasteiger partial charge in [-0.05, 0) is 26.2 Å². The number of nitrogens with zero attached hydrogens (tertiary/aromatic N) is 1. The zero-order chi connectivity index (χ0) is 8.32. The molecule has 0 spiro atoms. The highest BCUT2D eigenvalue weighted by molar-refractivity contribution is 6.38. The van der Waals surface area contributed by atoms with Crippen molar-refractivity contribution in [1.29, 1.82) is 0 Å². The summed E-state index contributed by atoms with van der Waals surface area (Å²) in [6, 6.07) is 0. The van der Waals surface area contributed by atoms with Gasteiger partial charge in [-0.25, -0.2) is 0 Å². The topological polar surface area (TPSA) is 21.6 Å². The van der Waals surface area contributed by atoms with E-state index in [2.05, 4.69) is 12.1 Å². The molecule has 3 heteroatoms. The molecule has 0 atom stereocenters. The summed E-state index contributed by atoms with van der Waals surface area (Å²) in [7, 11) is 0. The molecule has 1 saturated carbocycles. The molecule has 0 amide bonds. The van der Waals surface area contributed by atoms with Crippen molar-refractivity contribution in [3.8, 4) is 0 Å². The van der Waals surface area contributed by atoms with Crippen LogP contribution in [0.4, 0.5) is 0 Å². The zero-order valence-electron chi connectivity index (χ0n) is 7.06. The lowest BCUT2D eigenvalue weighted by molar-refractivity contribution is 0.157. The van der Waals surface area contributed by atoms with E-state index in [-0.39, 0.29) is 4.87 Å². The number of oxime groups is 1. The van der Waals surface area contributed by atoms with Gasteiger partial charge in [0.15, 0.2) is 0 Å². The predicted molar refractivity (Wildman–Crippen MR) is 47.2 cm³/mol. The van der Waals surface area contributed by atoms with Crippen molar-refractivity contribution in [2.24, 2.45) is 5.16 Å². The molecule has 0 radical (unpaired) electrons. The van der Waals surface area contributed by atoms with Gasteiger partial charge in [0.1, 0.15) is 6.61 Å². The number of rotatable bonds is 4. The van der Waals surface area contributed by atoms with Crippen LogP contribution in [-0.2, 0) is 4.84 Å². The lowest BCUT2D eigenvalue weighted by atomic mass is 10.2. The van der Waals surface area contributed by atoms with E-state index in [9.17, 15) is 0 Å². The Hall–Kier alpha value is -0.240. The van der Waals surface area contributed by atoms with Gasteiger partial charge in [0.2, 0.25) is 0 Å². The first-order valence-electron chi connectivity index (χ1n) is 4.11. The minimum Gasteiger partial charge on any atom is -0.396 e. The fourth-order valence-electron chi connectivity index (χ4n) is 1.00. The molecular weight excluding hydrogens is 162 g/mol. The zero-order valence-corrected chi connectivity index (χ0v) is 7.82. The average molecular weight is 176 g/mol. The Bertz CT molecular complexity index is 163. The average Bonchev–Trinajstić information content (AvgIpc) is 2.71. The van der Waals surface area contributed by atoms with Crippen LogP contribution in [0.3, 0.4) is 0 Å². The van der Waals surface area contributed by atoms with Crippen molar-refractivity contribution in [2.45, 2.75) is 38.0 Å². The molecule has 0 aromatic carbocycles. The van der Waals surface area contributed by atoms with E-state index in [1.807, 2.05) is 6.92 Å². The van der Waals surface area contributed by atoms with Gasteiger partial charge in [0.25, 0.3) is 0 Å². The number of halogens is 1. The van der Waals surface area contributed by atoms with Gasteiger partial charge in [-0.1, -0.05) is 12.1 Å². The highest BCUT2D eigenvalue weighted by atomic mass is 35.5. The molecule has 1 aliphatic carbocycles. The third-order valence-electron chi connectivity index (χ3n) is 1.84. The van der Waals surface area contributed by atoms with E-state index in [1.54, 1.807) is 0 Å². The lowest BCUT2D eigenvalue weighted by Gasteiger charge is -2.06. The Morgan fingerprint density at radius 1 is 1.55 bits per heavy atom. The third kappa shape index (κ3) is 2.09. The molecule has 1 rings (SSSR count). The monoisotopic (exact) mass is 175 g/mol. The maximum absolute atomic E-state index is 6.14. The summed E-state index contributed by atoms with van der Waals surface area (Å²) in [6.45, 7) is 4.60. The van der Waals surface area contributed by atoms with Gasteiger partial charge in [0.05, 0.1) is 10.6 Å². The highest BCUT2D eigenvalue weighted by Crippen LogP contribution is 2.44. The van der Waals surface area contributed by atoms with E-state index >= 15 is 0 Å². The maximum Gasteiger partial charge on any atom is 0.114 e. The summed E-state index contributed by atoms with van der Waals surface area (Å²) in [5.41, 5.74) is 1.00. The number of hydrogen-bond acceptors (Lipinski definition) is 2. The lowest BCUT2D eigenvalue weighted by Crippen LogP contribution is -2.14. The second-order valence-corrected chi connectivity index (χ2v) is 3.50. The summed E-state index contributed by atoms with van der Waals surface area (Å²) in [5, 5.41) is 3.98. The van der Waals surface area contributed by atoms with Crippen LogP contribution in [0.2, 0.25) is 0 Å². The second kappa shape index (κ2) is 3.44. The summed E-state index contributed by atoms with van der Waals surface area (Å²) in [5.74, 6) is 0. The van der Waals surface area contributed by atoms with Gasteiger partial charge >= 0.3 is 0 Å². The molecule has 1 aliphatic rings. The normalized spacial score (nSPS) is 21.5. The van der Waals surface area contributed by atoms with Crippen LogP contribution in [0.25, 0.3) is 0 Å². The molecule has 0 aromatic rings. The molecule has 0 unspecified atom stereocenters. The predicted octanol–water partition coefficient (Wildman–Crippen LogP) is 2.56. The van der Waals surface area contributed by atoms with Crippen molar-refractivity contribution >= 4 is 17.3 Å². The third-order valence-corrected chi connectivity index (χ3v) is 2.44. The highest BCUT2D eigenvalue weighted by Gasteiger charge is 2.45. The number of alkyl halides is 1. The van der Waals surface area contributed by atoms with Crippen molar-refractivity contribution in [3.63, 3.8) is 0 Å². The Morgan fingerprint density at radius 2 is 2.18 bits per heavy atom. The molecule has 0 bridgehead atoms. The molecule has 1 fully saturated rings. The first-order chi connectivity index (χ1) is 5.23. The molecule has 0 saturated heterocycles. The summed E-state index contributed by atoms with van der Waals surface area (Å²) in [4.78, 5) is 4.82. The summed E-state index contributed by atoms with van der Waals surface area (Å²) < 4.78 is 0. The molecule has 0 aromatic heterocycles. The van der Waals surface area contributed by atoms with Crippen LogP contribution in [0, 0.1) is 0 Å². The summed E-state index contributed by atoms with van der Waals surface area (Å²) in [6.07, 6.45) is 2.99. The maximum atomic E-state index is 6.14. The quantitative estimate of drug-likeness (QED) is 0.366. The largest absolute Gasteiger partial charge is 0.396 e. The van der Waals surface area contributed by atoms with Crippen LogP contribution < -0.4 is 0 Å². The fourth-order valence-corrected chi connectivity index (χ4v) is 1.27. The van der Waals surface area contributed by atoms with Gasteiger partial charge in [-0.3, -0.25) is 0 Å². The van der Waals surface area contributed by atoms with Gasteiger partial charge < -0.3 is 4.84 Å². The van der Waals surface area contributed by atoms with Crippen LogP contribution in [0.15, 0.2) is 5.16 Å². The molecule has 0 N–H and O–H groups in total. The first-order valence-corrected chi connectivity index (χ1v) is 4.49. The minimum absolute atomic E-state index is 0.135. The van der Waals surface area contributed by atoms with Gasteiger partial charge in [0, 0.05) is 0 Å². The van der Waals surface area contributed by atoms with Crippen LogP contribution in [0.1, 0.15) is 33.1 Å². The molecular formula is C8H14ClNO. The molecule has 0 aliphatic heterocycles. The van der Waals surface area contributed by atoms with Crippen molar-refractivity contribution < 1.29 is 4.84 Å². The van der Waals surface area contributed by atoms with E-state index in [1.165, 1.54) is 0 Å². The minimum atomic E-state index is -0.135. The standard InChI is InChI=1S/C8H14ClNO/c1-3-7(10-11-4-2)8(9)5-6-8/h3-6H2,1-2H3. The van der Waals surface area contributed by atoms with Crippen molar-refractivity contribution in [1.82, 2.24) is 0 Å². The number of hydrogen-bond donors (Lipinski definition) is 0. The van der Waals surface area contributed by atoms with Crippen LogP contribution >= 0.6 is 11.6 Å². The molecule has 64 valence electrons. The molecule has 2 nitrogen and oxygen atoms in total. The smallest absolute Gasteiger partial charge is 0.114 e. The Balaban J connectivity index is 2.48. The van der Waals surface area contributed by atoms with E-state index in [0.717, 1.165) is 25.0 Å². The Morgan fingerprint density at radius 3 is 2.55 bits per heavy atom. The summed E-state index contributed by atoms with van der Waals surface area (Å²) >= 11 is 6.14.